The Balaban J connectivity index is 1.53. The van der Waals surface area contributed by atoms with Crippen LogP contribution in [0.15, 0.2) is 34.9 Å². The summed E-state index contributed by atoms with van der Waals surface area (Å²) in [5.74, 6) is 1.08. The average molecular weight is 417 g/mol. The first-order valence-corrected chi connectivity index (χ1v) is 9.69. The SMILES string of the molecule is Cc1cc(Br)cnc1N1CCN(CC(=O)Nc2cccc(C)c2C)CC1. The Morgan fingerprint density at radius 3 is 2.58 bits per heavy atom. The van der Waals surface area contributed by atoms with Crippen LogP contribution in [0.4, 0.5) is 11.5 Å². The predicted octanol–water partition coefficient (Wildman–Crippen LogP) is 3.53. The Labute approximate surface area is 163 Å². The summed E-state index contributed by atoms with van der Waals surface area (Å²) in [6, 6.07) is 8.08. The number of carbonyl (C=O) groups excluding carboxylic acids is 1. The Morgan fingerprint density at radius 2 is 1.88 bits per heavy atom. The van der Waals surface area contributed by atoms with Crippen molar-refractivity contribution in [1.29, 1.82) is 0 Å². The number of piperazine rings is 1. The van der Waals surface area contributed by atoms with Gasteiger partial charge in [0.15, 0.2) is 0 Å². The van der Waals surface area contributed by atoms with E-state index < -0.39 is 0 Å². The van der Waals surface area contributed by atoms with Gasteiger partial charge in [0.25, 0.3) is 0 Å². The molecule has 1 aliphatic heterocycles. The van der Waals surface area contributed by atoms with Gasteiger partial charge in [0, 0.05) is 42.5 Å². The van der Waals surface area contributed by atoms with E-state index in [2.05, 4.69) is 62.0 Å². The van der Waals surface area contributed by atoms with Crippen LogP contribution in [0.2, 0.25) is 0 Å². The molecule has 0 atom stereocenters. The summed E-state index contributed by atoms with van der Waals surface area (Å²) in [6.45, 7) is 10.1. The molecule has 138 valence electrons. The maximum atomic E-state index is 12.4. The lowest BCUT2D eigenvalue weighted by Crippen LogP contribution is -2.49. The highest BCUT2D eigenvalue weighted by Crippen LogP contribution is 2.22. The average Bonchev–Trinajstić information content (AvgIpc) is 2.60. The summed E-state index contributed by atoms with van der Waals surface area (Å²) in [6.07, 6.45) is 1.84. The molecular formula is C20H25BrN4O. The van der Waals surface area contributed by atoms with Crippen LogP contribution in [0.1, 0.15) is 16.7 Å². The fraction of sp³-hybridized carbons (Fsp3) is 0.400. The molecule has 0 spiro atoms. The van der Waals surface area contributed by atoms with Crippen molar-refractivity contribution in [3.8, 4) is 0 Å². The summed E-state index contributed by atoms with van der Waals surface area (Å²) >= 11 is 3.46. The van der Waals surface area contributed by atoms with Gasteiger partial charge in [-0.3, -0.25) is 9.69 Å². The van der Waals surface area contributed by atoms with E-state index >= 15 is 0 Å². The van der Waals surface area contributed by atoms with Crippen molar-refractivity contribution >= 4 is 33.3 Å². The highest BCUT2D eigenvalue weighted by Gasteiger charge is 2.21. The zero-order chi connectivity index (χ0) is 18.7. The summed E-state index contributed by atoms with van der Waals surface area (Å²) in [5, 5.41) is 3.04. The Hall–Kier alpha value is -1.92. The zero-order valence-electron chi connectivity index (χ0n) is 15.6. The molecule has 2 heterocycles. The smallest absolute Gasteiger partial charge is 0.238 e. The monoisotopic (exact) mass is 416 g/mol. The Morgan fingerprint density at radius 1 is 1.15 bits per heavy atom. The van der Waals surface area contributed by atoms with Crippen LogP contribution < -0.4 is 10.2 Å². The highest BCUT2D eigenvalue weighted by molar-refractivity contribution is 9.10. The zero-order valence-corrected chi connectivity index (χ0v) is 17.1. The second kappa shape index (κ2) is 8.18. The minimum absolute atomic E-state index is 0.0464. The maximum absolute atomic E-state index is 12.4. The van der Waals surface area contributed by atoms with Gasteiger partial charge in [-0.05, 0) is 65.5 Å². The van der Waals surface area contributed by atoms with Crippen molar-refractivity contribution in [1.82, 2.24) is 9.88 Å². The lowest BCUT2D eigenvalue weighted by molar-refractivity contribution is -0.117. The van der Waals surface area contributed by atoms with Gasteiger partial charge in [0.1, 0.15) is 5.82 Å². The van der Waals surface area contributed by atoms with Gasteiger partial charge in [0.2, 0.25) is 5.91 Å². The van der Waals surface area contributed by atoms with E-state index in [0.717, 1.165) is 47.7 Å². The molecule has 3 rings (SSSR count). The van der Waals surface area contributed by atoms with Crippen molar-refractivity contribution in [2.75, 3.05) is 42.9 Å². The van der Waals surface area contributed by atoms with Gasteiger partial charge in [-0.25, -0.2) is 4.98 Å². The van der Waals surface area contributed by atoms with E-state index in [1.54, 1.807) is 0 Å². The van der Waals surface area contributed by atoms with Crippen LogP contribution in [0.5, 0.6) is 0 Å². The van der Waals surface area contributed by atoms with Crippen LogP contribution in [-0.2, 0) is 4.79 Å². The van der Waals surface area contributed by atoms with Crippen LogP contribution >= 0.6 is 15.9 Å². The standard InChI is InChI=1S/C20H25BrN4O/c1-14-5-4-6-18(16(14)3)23-19(26)13-24-7-9-25(10-8-24)20-15(2)11-17(21)12-22-20/h4-6,11-12H,7-10,13H2,1-3H3,(H,23,26). The topological polar surface area (TPSA) is 48.5 Å². The fourth-order valence-corrected chi connectivity index (χ4v) is 3.71. The molecule has 1 amide bonds. The maximum Gasteiger partial charge on any atom is 0.238 e. The van der Waals surface area contributed by atoms with Crippen molar-refractivity contribution in [2.45, 2.75) is 20.8 Å². The van der Waals surface area contributed by atoms with Crippen molar-refractivity contribution in [2.24, 2.45) is 0 Å². The molecule has 6 heteroatoms. The van der Waals surface area contributed by atoms with Gasteiger partial charge in [-0.1, -0.05) is 12.1 Å². The molecule has 5 nitrogen and oxygen atoms in total. The van der Waals surface area contributed by atoms with Gasteiger partial charge < -0.3 is 10.2 Å². The highest BCUT2D eigenvalue weighted by atomic mass is 79.9. The number of nitrogens with zero attached hydrogens (tertiary/aromatic N) is 3. The number of anilines is 2. The minimum atomic E-state index is 0.0464. The number of pyridine rings is 1. The lowest BCUT2D eigenvalue weighted by Gasteiger charge is -2.35. The third-order valence-electron chi connectivity index (χ3n) is 4.94. The fourth-order valence-electron chi connectivity index (χ4n) is 3.26. The van der Waals surface area contributed by atoms with Crippen LogP contribution in [0, 0.1) is 20.8 Å². The number of nitrogens with one attached hydrogen (secondary N) is 1. The summed E-state index contributed by atoms with van der Waals surface area (Å²) in [4.78, 5) is 21.4. The largest absolute Gasteiger partial charge is 0.354 e. The van der Waals surface area contributed by atoms with Crippen molar-refractivity contribution in [3.05, 3.63) is 51.6 Å². The molecular weight excluding hydrogens is 392 g/mol. The van der Waals surface area contributed by atoms with Gasteiger partial charge in [-0.2, -0.15) is 0 Å². The normalized spacial score (nSPS) is 15.2. The number of aromatic nitrogens is 1. The Bertz CT molecular complexity index is 800. The van der Waals surface area contributed by atoms with E-state index in [1.807, 2.05) is 25.3 Å². The van der Waals surface area contributed by atoms with Gasteiger partial charge >= 0.3 is 0 Å². The Kier molecular flexibility index (Phi) is 5.94. The van der Waals surface area contributed by atoms with Crippen LogP contribution in [0.3, 0.4) is 0 Å². The van der Waals surface area contributed by atoms with Gasteiger partial charge in [0.05, 0.1) is 6.54 Å². The number of benzene rings is 1. The van der Waals surface area contributed by atoms with E-state index in [-0.39, 0.29) is 5.91 Å². The second-order valence-electron chi connectivity index (χ2n) is 6.85. The summed E-state index contributed by atoms with van der Waals surface area (Å²) in [5.41, 5.74) is 4.39. The second-order valence-corrected chi connectivity index (χ2v) is 7.77. The molecule has 2 aromatic rings. The molecule has 0 aliphatic carbocycles. The number of halogens is 1. The number of hydrogen-bond donors (Lipinski definition) is 1. The van der Waals surface area contributed by atoms with E-state index in [1.165, 1.54) is 11.1 Å². The van der Waals surface area contributed by atoms with Crippen molar-refractivity contribution < 1.29 is 4.79 Å². The molecule has 1 N–H and O–H groups in total. The first-order chi connectivity index (χ1) is 12.4. The van der Waals surface area contributed by atoms with Crippen LogP contribution in [-0.4, -0.2) is 48.5 Å². The first-order valence-electron chi connectivity index (χ1n) is 8.89. The number of aryl methyl sites for hydroxylation is 2. The summed E-state index contributed by atoms with van der Waals surface area (Å²) in [7, 11) is 0. The molecule has 1 aromatic carbocycles. The molecule has 1 saturated heterocycles. The van der Waals surface area contributed by atoms with Crippen molar-refractivity contribution in [3.63, 3.8) is 0 Å². The van der Waals surface area contributed by atoms with E-state index in [4.69, 9.17) is 0 Å². The minimum Gasteiger partial charge on any atom is -0.354 e. The third-order valence-corrected chi connectivity index (χ3v) is 5.37. The van der Waals surface area contributed by atoms with E-state index in [0.29, 0.717) is 6.54 Å². The molecule has 0 saturated carbocycles. The van der Waals surface area contributed by atoms with E-state index in [9.17, 15) is 4.79 Å². The quantitative estimate of drug-likeness (QED) is 0.827. The molecule has 0 bridgehead atoms. The lowest BCUT2D eigenvalue weighted by atomic mass is 10.1. The summed E-state index contributed by atoms with van der Waals surface area (Å²) < 4.78 is 1.00. The molecule has 0 unspecified atom stereocenters. The number of hydrogen-bond acceptors (Lipinski definition) is 4. The third kappa shape index (κ3) is 4.43. The predicted molar refractivity (Wildman–Crippen MR) is 110 cm³/mol. The molecule has 1 fully saturated rings. The van der Waals surface area contributed by atoms with Crippen LogP contribution in [0.25, 0.3) is 0 Å². The molecule has 26 heavy (non-hydrogen) atoms. The number of rotatable bonds is 4. The van der Waals surface area contributed by atoms with Gasteiger partial charge in [-0.15, -0.1) is 0 Å². The first kappa shape index (κ1) is 18.9. The number of amides is 1. The molecule has 1 aromatic heterocycles. The molecule has 0 radical (unpaired) electrons. The molecule has 1 aliphatic rings. The number of carbonyl (C=O) groups is 1.